The van der Waals surface area contributed by atoms with Gasteiger partial charge < -0.3 is 29.5 Å². The first kappa shape index (κ1) is 31.7. The van der Waals surface area contributed by atoms with E-state index in [1.54, 1.807) is 0 Å². The number of rotatable bonds is 10. The Morgan fingerprint density at radius 2 is 2.07 bits per heavy atom. The van der Waals surface area contributed by atoms with Crippen molar-refractivity contribution in [2.24, 2.45) is 0 Å². The summed E-state index contributed by atoms with van der Waals surface area (Å²) in [5.41, 5.74) is 5.66. The van der Waals surface area contributed by atoms with Crippen LogP contribution in [0.3, 0.4) is 0 Å². The highest BCUT2D eigenvalue weighted by molar-refractivity contribution is 6.16. The molecule has 3 atom stereocenters. The summed E-state index contributed by atoms with van der Waals surface area (Å²) in [5.74, 6) is 0.865. The molecule has 2 aromatic heterocycles. The van der Waals surface area contributed by atoms with Crippen molar-refractivity contribution in [3.8, 4) is 12.1 Å². The Kier molecular flexibility index (Phi) is 9.61. The molecule has 1 aromatic carbocycles. The molecule has 2 fully saturated rings. The molecule has 3 aromatic rings. The molecule has 239 valence electrons. The second-order valence-electron chi connectivity index (χ2n) is 13.0. The van der Waals surface area contributed by atoms with Gasteiger partial charge in [-0.15, -0.1) is 0 Å². The second kappa shape index (κ2) is 13.6. The van der Waals surface area contributed by atoms with Crippen LogP contribution in [-0.2, 0) is 17.7 Å². The molecule has 3 aliphatic rings. The number of ether oxygens (including phenoxy) is 2. The zero-order chi connectivity index (χ0) is 31.6. The van der Waals surface area contributed by atoms with Crippen LogP contribution in [0, 0.1) is 18.3 Å². The third-order valence-corrected chi connectivity index (χ3v) is 10.3. The van der Waals surface area contributed by atoms with Gasteiger partial charge in [-0.1, -0.05) is 6.07 Å². The topological polar surface area (TPSA) is 108 Å². The van der Waals surface area contributed by atoms with Crippen LogP contribution in [0.1, 0.15) is 68.0 Å². The zero-order valence-electron chi connectivity index (χ0n) is 27.2. The molecular weight excluding hydrogens is 583 g/mol. The van der Waals surface area contributed by atoms with Crippen LogP contribution in [0.5, 0.6) is 6.01 Å². The summed E-state index contributed by atoms with van der Waals surface area (Å²) in [4.78, 5) is 17.0. The Bertz CT molecular complexity index is 1530. The molecule has 0 spiro atoms. The molecule has 5 heterocycles. The van der Waals surface area contributed by atoms with Crippen molar-refractivity contribution >= 4 is 32.7 Å². The Balaban J connectivity index is 1.35. The van der Waals surface area contributed by atoms with E-state index in [2.05, 4.69) is 67.1 Å². The normalized spacial score (nSPS) is 22.1. The molecule has 3 radical (unpaired) electrons. The molecule has 2 saturated heterocycles. The standard InChI is InChI=1S/C33H46N9O2Si/c1-23-12-13-28-26(19-36-42(28)29-11-5-6-18-43-29)30(23)41-17-8-10-25-27(20-41)37-32(44-21-24-9-7-16-39(24)3)38-31(25)40(4)22-33(45,35-2)14-15-34/h12-13,19,24,29,35H,5-11,14,16-18,20-22H2,1-4H3/t24?,29?,33-/m0/s1. The minimum absolute atomic E-state index is 0.0128. The smallest absolute Gasteiger partial charge is 0.318 e. The molecule has 11 nitrogen and oxygen atoms in total. The largest absolute Gasteiger partial charge is 0.462 e. The molecule has 12 heteroatoms. The fourth-order valence-corrected chi connectivity index (χ4v) is 7.46. The van der Waals surface area contributed by atoms with Crippen molar-refractivity contribution < 1.29 is 9.47 Å². The first-order valence-electron chi connectivity index (χ1n) is 16.4. The van der Waals surface area contributed by atoms with Gasteiger partial charge in [-0.2, -0.15) is 20.3 Å². The lowest BCUT2D eigenvalue weighted by molar-refractivity contribution is -0.0366. The fraction of sp³-hybridized carbons (Fsp3) is 0.636. The molecule has 3 aliphatic heterocycles. The molecule has 1 N–H and O–H groups in total. The van der Waals surface area contributed by atoms with Crippen molar-refractivity contribution in [2.75, 3.05) is 63.8 Å². The minimum atomic E-state index is -0.569. The van der Waals surface area contributed by atoms with Crippen LogP contribution in [-0.4, -0.2) is 100 Å². The maximum absolute atomic E-state index is 9.49. The second-order valence-corrected chi connectivity index (χ2v) is 13.9. The quantitative estimate of drug-likeness (QED) is 0.334. The maximum atomic E-state index is 9.49. The van der Waals surface area contributed by atoms with Gasteiger partial charge in [0.2, 0.25) is 0 Å². The first-order chi connectivity index (χ1) is 21.8. The van der Waals surface area contributed by atoms with Crippen molar-refractivity contribution in [3.05, 3.63) is 35.2 Å². The molecule has 0 saturated carbocycles. The number of fused-ring (bicyclic) bond motifs is 2. The lowest BCUT2D eigenvalue weighted by Gasteiger charge is -2.33. The Morgan fingerprint density at radius 1 is 1.20 bits per heavy atom. The number of likely N-dealkylation sites (N-methyl/N-ethyl adjacent to an activating group) is 3. The number of hydrogen-bond donors (Lipinski definition) is 1. The summed E-state index contributed by atoms with van der Waals surface area (Å²) in [5, 5.41) is 18.2. The highest BCUT2D eigenvalue weighted by atomic mass is 28.1. The van der Waals surface area contributed by atoms with E-state index in [-0.39, 0.29) is 6.23 Å². The van der Waals surface area contributed by atoms with E-state index in [1.165, 1.54) is 17.7 Å². The molecule has 0 aliphatic carbocycles. The number of aryl methyl sites for hydroxylation is 1. The number of likely N-dealkylation sites (tertiary alicyclic amines) is 1. The van der Waals surface area contributed by atoms with Crippen molar-refractivity contribution in [1.29, 1.82) is 5.26 Å². The van der Waals surface area contributed by atoms with E-state index in [4.69, 9.17) is 24.5 Å². The molecule has 0 bridgehead atoms. The van der Waals surface area contributed by atoms with Gasteiger partial charge in [-0.05, 0) is 84.1 Å². The van der Waals surface area contributed by atoms with Gasteiger partial charge in [0.1, 0.15) is 12.4 Å². The molecular formula is C33H46N9O2Si. The average molecular weight is 629 g/mol. The lowest BCUT2D eigenvalue weighted by atomic mass is 10.1. The van der Waals surface area contributed by atoms with E-state index in [1.807, 2.05) is 20.3 Å². The molecule has 45 heavy (non-hydrogen) atoms. The number of nitrogens with zero attached hydrogens (tertiary/aromatic N) is 8. The van der Waals surface area contributed by atoms with E-state index >= 15 is 0 Å². The summed E-state index contributed by atoms with van der Waals surface area (Å²) in [6, 6.07) is 7.47. The molecule has 0 amide bonds. The van der Waals surface area contributed by atoms with Crippen LogP contribution in [0.4, 0.5) is 11.5 Å². The number of nitrogens with one attached hydrogen (secondary N) is 1. The van der Waals surface area contributed by atoms with Crippen LogP contribution < -0.4 is 19.9 Å². The highest BCUT2D eigenvalue weighted by Gasteiger charge is 2.30. The van der Waals surface area contributed by atoms with Crippen LogP contribution >= 0.6 is 0 Å². The Morgan fingerprint density at radius 3 is 2.80 bits per heavy atom. The van der Waals surface area contributed by atoms with E-state index in [0.29, 0.717) is 38.2 Å². The average Bonchev–Trinajstić information content (AvgIpc) is 3.59. The lowest BCUT2D eigenvalue weighted by Crippen LogP contribution is -2.52. The molecule has 6 rings (SSSR count). The van der Waals surface area contributed by atoms with E-state index in [9.17, 15) is 5.26 Å². The Hall–Kier alpha value is -3.24. The predicted molar refractivity (Wildman–Crippen MR) is 177 cm³/mol. The number of benzene rings is 1. The van der Waals surface area contributed by atoms with Gasteiger partial charge in [0.25, 0.3) is 0 Å². The maximum Gasteiger partial charge on any atom is 0.318 e. The summed E-state index contributed by atoms with van der Waals surface area (Å²) < 4.78 is 14.5. The summed E-state index contributed by atoms with van der Waals surface area (Å²) >= 11 is 0. The third-order valence-electron chi connectivity index (χ3n) is 9.75. The SMILES string of the molecule is CN[C@]([Si])(CC#N)CN(C)c1nc(OCC2CCCN2C)nc2c1CCCN(c1c(C)ccc3c1cnn3C1CCCCO1)C2. The van der Waals surface area contributed by atoms with Gasteiger partial charge in [-0.3, -0.25) is 0 Å². The summed E-state index contributed by atoms with van der Waals surface area (Å²) in [6.07, 6.45) is 9.68. The van der Waals surface area contributed by atoms with Crippen molar-refractivity contribution in [3.63, 3.8) is 0 Å². The monoisotopic (exact) mass is 628 g/mol. The van der Waals surface area contributed by atoms with Gasteiger partial charge >= 0.3 is 6.01 Å². The Labute approximate surface area is 270 Å². The third kappa shape index (κ3) is 6.68. The van der Waals surface area contributed by atoms with E-state index < -0.39 is 5.16 Å². The van der Waals surface area contributed by atoms with Crippen LogP contribution in [0.2, 0.25) is 0 Å². The number of anilines is 2. The highest BCUT2D eigenvalue weighted by Crippen LogP contribution is 2.37. The first-order valence-corrected chi connectivity index (χ1v) is 16.9. The fourth-order valence-electron chi connectivity index (χ4n) is 7.14. The van der Waals surface area contributed by atoms with Crippen LogP contribution in [0.15, 0.2) is 18.3 Å². The van der Waals surface area contributed by atoms with Gasteiger partial charge in [0.05, 0.1) is 52.4 Å². The van der Waals surface area contributed by atoms with Crippen molar-refractivity contribution in [2.45, 2.75) is 82.3 Å². The minimum Gasteiger partial charge on any atom is -0.462 e. The summed E-state index contributed by atoms with van der Waals surface area (Å²) in [6.45, 7) is 6.71. The van der Waals surface area contributed by atoms with Gasteiger partial charge in [0.15, 0.2) is 6.23 Å². The zero-order valence-corrected chi connectivity index (χ0v) is 28.2. The van der Waals surface area contributed by atoms with E-state index in [0.717, 1.165) is 86.2 Å². The number of aromatic nitrogens is 4. The van der Waals surface area contributed by atoms with Crippen molar-refractivity contribution in [1.82, 2.24) is 30.0 Å². The number of nitriles is 1. The van der Waals surface area contributed by atoms with Gasteiger partial charge in [-0.25, -0.2) is 4.68 Å². The molecule has 2 unspecified atom stereocenters. The summed E-state index contributed by atoms with van der Waals surface area (Å²) in [7, 11) is 9.90. The predicted octanol–water partition coefficient (Wildman–Crippen LogP) is 3.69. The van der Waals surface area contributed by atoms with Gasteiger partial charge in [0, 0.05) is 48.9 Å². The van der Waals surface area contributed by atoms with Crippen LogP contribution in [0.25, 0.3) is 10.9 Å². The number of hydrogen-bond acceptors (Lipinski definition) is 10.